The maximum Gasteiger partial charge on any atom is 0.175 e. The van der Waals surface area contributed by atoms with Crippen LogP contribution in [0.25, 0.3) is 10.8 Å². The van der Waals surface area contributed by atoms with Crippen molar-refractivity contribution in [3.8, 4) is 10.8 Å². The third-order valence-electron chi connectivity index (χ3n) is 2.28. The number of aromatic nitrogens is 3. The second kappa shape index (κ2) is 6.75. The number of hydrogen-bond donors (Lipinski definition) is 0. The van der Waals surface area contributed by atoms with E-state index in [4.69, 9.17) is 4.42 Å². The molecule has 0 saturated heterocycles. The van der Waals surface area contributed by atoms with E-state index in [-0.39, 0.29) is 0 Å². The van der Waals surface area contributed by atoms with E-state index in [0.29, 0.717) is 0 Å². The quantitative estimate of drug-likeness (QED) is 0.608. The predicted octanol–water partition coefficient (Wildman–Crippen LogP) is 4.66. The van der Waals surface area contributed by atoms with Gasteiger partial charge < -0.3 is 4.42 Å². The maximum atomic E-state index is 5.34. The van der Waals surface area contributed by atoms with Crippen molar-refractivity contribution in [1.82, 2.24) is 15.2 Å². The third-order valence-corrected chi connectivity index (χ3v) is 6.29. The van der Waals surface area contributed by atoms with Crippen molar-refractivity contribution in [3.63, 3.8) is 0 Å². The van der Waals surface area contributed by atoms with Gasteiger partial charge in [0.05, 0.1) is 12.0 Å². The molecular weight excluding hydrogens is 330 g/mol. The van der Waals surface area contributed by atoms with Crippen molar-refractivity contribution >= 4 is 46.2 Å². The Morgan fingerprint density at radius 3 is 2.85 bits per heavy atom. The Kier molecular flexibility index (Phi) is 4.77. The smallest absolute Gasteiger partial charge is 0.175 e. The number of thioether (sulfide) groups is 2. The van der Waals surface area contributed by atoms with Crippen LogP contribution in [0.2, 0.25) is 0 Å². The van der Waals surface area contributed by atoms with E-state index >= 15 is 0 Å². The summed E-state index contributed by atoms with van der Waals surface area (Å²) >= 11 is 6.64. The molecule has 0 bridgehead atoms. The number of hydrogen-bond acceptors (Lipinski definition) is 8. The van der Waals surface area contributed by atoms with Crippen LogP contribution in [-0.2, 0) is 5.75 Å². The Bertz CT molecular complexity index is 662. The topological polar surface area (TPSA) is 51.8 Å². The van der Waals surface area contributed by atoms with E-state index in [0.717, 1.165) is 36.6 Å². The summed E-state index contributed by atoms with van der Waals surface area (Å²) < 4.78 is 7.37. The summed E-state index contributed by atoms with van der Waals surface area (Å²) in [5.41, 5.74) is 1.05. The summed E-state index contributed by atoms with van der Waals surface area (Å²) in [6.07, 6.45) is 1.67. The van der Waals surface area contributed by atoms with E-state index in [1.807, 2.05) is 12.1 Å². The van der Waals surface area contributed by atoms with Crippen LogP contribution in [0.1, 0.15) is 12.6 Å². The minimum Gasteiger partial charge on any atom is -0.462 e. The molecule has 0 aliphatic carbocycles. The molecule has 3 heterocycles. The number of nitrogens with zero attached hydrogens (tertiary/aromatic N) is 3. The second-order valence-electron chi connectivity index (χ2n) is 3.68. The van der Waals surface area contributed by atoms with Crippen molar-refractivity contribution in [2.75, 3.05) is 5.75 Å². The molecule has 0 radical (unpaired) electrons. The fourth-order valence-corrected chi connectivity index (χ4v) is 5.16. The first kappa shape index (κ1) is 14.1. The Balaban J connectivity index is 1.60. The molecule has 0 atom stereocenters. The Labute approximate surface area is 133 Å². The van der Waals surface area contributed by atoms with Gasteiger partial charge in [-0.2, -0.15) is 0 Å². The van der Waals surface area contributed by atoms with Crippen molar-refractivity contribution in [3.05, 3.63) is 29.5 Å². The third kappa shape index (κ3) is 3.43. The first-order chi connectivity index (χ1) is 9.85. The van der Waals surface area contributed by atoms with Gasteiger partial charge in [-0.05, 0) is 17.9 Å². The van der Waals surface area contributed by atoms with Crippen LogP contribution >= 0.6 is 46.2 Å². The van der Waals surface area contributed by atoms with Crippen LogP contribution in [0.3, 0.4) is 0 Å². The molecule has 0 amide bonds. The van der Waals surface area contributed by atoms with E-state index < -0.39 is 0 Å². The number of rotatable bonds is 6. The molecule has 0 aliphatic heterocycles. The number of thiazole rings is 1. The van der Waals surface area contributed by atoms with Gasteiger partial charge in [0.15, 0.2) is 19.4 Å². The van der Waals surface area contributed by atoms with Gasteiger partial charge >= 0.3 is 0 Å². The van der Waals surface area contributed by atoms with Crippen LogP contribution < -0.4 is 0 Å². The largest absolute Gasteiger partial charge is 0.462 e. The van der Waals surface area contributed by atoms with Gasteiger partial charge in [0.1, 0.15) is 0 Å². The fraction of sp³-hybridized carbons (Fsp3) is 0.250. The van der Waals surface area contributed by atoms with Crippen molar-refractivity contribution in [2.45, 2.75) is 21.4 Å². The molecular formula is C12H11N3OS4. The Morgan fingerprint density at radius 2 is 2.10 bits per heavy atom. The van der Waals surface area contributed by atoms with Crippen LogP contribution in [0.5, 0.6) is 0 Å². The lowest BCUT2D eigenvalue weighted by atomic mass is 10.5. The zero-order valence-electron chi connectivity index (χ0n) is 10.6. The summed E-state index contributed by atoms with van der Waals surface area (Å²) in [7, 11) is 0. The molecule has 0 saturated carbocycles. The van der Waals surface area contributed by atoms with Gasteiger partial charge in [-0.1, -0.05) is 41.8 Å². The maximum absolute atomic E-state index is 5.34. The van der Waals surface area contributed by atoms with Gasteiger partial charge in [-0.3, -0.25) is 0 Å². The average molecular weight is 342 g/mol. The van der Waals surface area contributed by atoms with Gasteiger partial charge in [0.25, 0.3) is 0 Å². The van der Waals surface area contributed by atoms with Gasteiger partial charge in [-0.15, -0.1) is 21.5 Å². The first-order valence-electron chi connectivity index (χ1n) is 5.92. The molecule has 0 N–H and O–H groups in total. The molecule has 0 aromatic carbocycles. The SMILES string of the molecule is CCSc1nnc(SCc2csc(-c3ccco3)n2)s1. The van der Waals surface area contributed by atoms with Crippen molar-refractivity contribution in [1.29, 1.82) is 0 Å². The zero-order valence-corrected chi connectivity index (χ0v) is 13.9. The van der Waals surface area contributed by atoms with Crippen LogP contribution in [0.15, 0.2) is 36.9 Å². The highest BCUT2D eigenvalue weighted by atomic mass is 32.2. The van der Waals surface area contributed by atoms with Gasteiger partial charge in [-0.25, -0.2) is 4.98 Å². The minimum atomic E-state index is 0.808. The molecule has 0 spiro atoms. The van der Waals surface area contributed by atoms with E-state index in [9.17, 15) is 0 Å². The number of furan rings is 1. The standard InChI is InChI=1S/C12H11N3OS4/c1-2-17-11-14-15-12(20-11)19-7-8-6-18-10(13-8)9-4-3-5-16-9/h3-6H,2,7H2,1H3. The zero-order chi connectivity index (χ0) is 13.8. The molecule has 0 aliphatic rings. The first-order valence-corrected chi connectivity index (χ1v) is 9.59. The molecule has 3 aromatic heterocycles. The van der Waals surface area contributed by atoms with Crippen molar-refractivity contribution in [2.24, 2.45) is 0 Å². The lowest BCUT2D eigenvalue weighted by Gasteiger charge is -1.92. The molecule has 8 heteroatoms. The summed E-state index contributed by atoms with van der Waals surface area (Å²) in [4.78, 5) is 4.57. The molecule has 104 valence electrons. The molecule has 0 fully saturated rings. The highest BCUT2D eigenvalue weighted by Gasteiger charge is 2.09. The highest BCUT2D eigenvalue weighted by Crippen LogP contribution is 2.32. The van der Waals surface area contributed by atoms with Gasteiger partial charge in [0.2, 0.25) is 0 Å². The van der Waals surface area contributed by atoms with Crippen LogP contribution in [0.4, 0.5) is 0 Å². The lowest BCUT2D eigenvalue weighted by molar-refractivity contribution is 0.581. The summed E-state index contributed by atoms with van der Waals surface area (Å²) in [5.74, 6) is 2.66. The summed E-state index contributed by atoms with van der Waals surface area (Å²) in [6, 6.07) is 3.80. The predicted molar refractivity (Wildman–Crippen MR) is 85.7 cm³/mol. The van der Waals surface area contributed by atoms with Crippen LogP contribution in [0, 0.1) is 0 Å². The average Bonchev–Trinajstić information content (AvgIpc) is 3.18. The molecule has 3 aromatic rings. The fourth-order valence-electron chi connectivity index (χ4n) is 1.46. The second-order valence-corrected chi connectivity index (χ2v) is 8.25. The Hall–Kier alpha value is -0.830. The summed E-state index contributed by atoms with van der Waals surface area (Å²) in [6.45, 7) is 2.12. The van der Waals surface area contributed by atoms with Gasteiger partial charge in [0, 0.05) is 11.1 Å². The molecule has 20 heavy (non-hydrogen) atoms. The monoisotopic (exact) mass is 341 g/mol. The Morgan fingerprint density at radius 1 is 1.25 bits per heavy atom. The highest BCUT2D eigenvalue weighted by molar-refractivity contribution is 8.02. The van der Waals surface area contributed by atoms with Crippen molar-refractivity contribution < 1.29 is 4.42 Å². The molecule has 3 rings (SSSR count). The molecule has 0 unspecified atom stereocenters. The minimum absolute atomic E-state index is 0.808. The summed E-state index contributed by atoms with van der Waals surface area (Å²) in [5, 5.41) is 11.3. The van der Waals surface area contributed by atoms with E-state index in [1.54, 1.807) is 52.5 Å². The molecule has 4 nitrogen and oxygen atoms in total. The van der Waals surface area contributed by atoms with E-state index in [2.05, 4.69) is 27.5 Å². The normalized spacial score (nSPS) is 11.1. The van der Waals surface area contributed by atoms with Crippen LogP contribution in [-0.4, -0.2) is 20.9 Å². The van der Waals surface area contributed by atoms with E-state index in [1.165, 1.54) is 0 Å². The lowest BCUT2D eigenvalue weighted by Crippen LogP contribution is -1.81.